The zero-order valence-electron chi connectivity index (χ0n) is 11.2. The molecule has 0 aliphatic rings. The van der Waals surface area contributed by atoms with Crippen LogP contribution in [0, 0.1) is 6.92 Å². The number of rotatable bonds is 4. The molecular weight excluding hydrogens is 226 g/mol. The fourth-order valence-corrected chi connectivity index (χ4v) is 1.86. The van der Waals surface area contributed by atoms with E-state index in [0.717, 1.165) is 22.8 Å². The lowest BCUT2D eigenvalue weighted by Crippen LogP contribution is -2.09. The summed E-state index contributed by atoms with van der Waals surface area (Å²) < 4.78 is 5.38. The monoisotopic (exact) mass is 245 g/mol. The standard InChI is InChI=1S/C14H19N3O/c1-9(2)15-14-8-12(16-17-14)11-7-10(3)5-6-13(11)18-4/h5-9H,1-4H3,(H2,15,16,17). The van der Waals surface area contributed by atoms with E-state index >= 15 is 0 Å². The number of aryl methyl sites for hydroxylation is 1. The van der Waals surface area contributed by atoms with Crippen LogP contribution in [-0.4, -0.2) is 23.3 Å². The van der Waals surface area contributed by atoms with Crippen molar-refractivity contribution < 1.29 is 4.74 Å². The van der Waals surface area contributed by atoms with Crippen LogP contribution in [-0.2, 0) is 0 Å². The molecule has 0 saturated heterocycles. The summed E-state index contributed by atoms with van der Waals surface area (Å²) in [5.74, 6) is 1.70. The number of hydrogen-bond donors (Lipinski definition) is 2. The van der Waals surface area contributed by atoms with Gasteiger partial charge in [0, 0.05) is 17.7 Å². The third-order valence-corrected chi connectivity index (χ3v) is 2.66. The number of nitrogens with zero attached hydrogens (tertiary/aromatic N) is 1. The molecule has 4 heteroatoms. The number of aromatic amines is 1. The number of aromatic nitrogens is 2. The van der Waals surface area contributed by atoms with Crippen LogP contribution in [0.15, 0.2) is 24.3 Å². The van der Waals surface area contributed by atoms with Gasteiger partial charge in [0.2, 0.25) is 0 Å². The Balaban J connectivity index is 2.36. The highest BCUT2D eigenvalue weighted by Gasteiger charge is 2.09. The minimum atomic E-state index is 0.362. The number of hydrogen-bond acceptors (Lipinski definition) is 3. The highest BCUT2D eigenvalue weighted by molar-refractivity contribution is 5.70. The van der Waals surface area contributed by atoms with Crippen LogP contribution in [0.3, 0.4) is 0 Å². The highest BCUT2D eigenvalue weighted by Crippen LogP contribution is 2.30. The molecule has 1 heterocycles. The van der Waals surface area contributed by atoms with Crippen molar-refractivity contribution in [1.29, 1.82) is 0 Å². The SMILES string of the molecule is COc1ccc(C)cc1-c1cc(NC(C)C)n[nH]1. The lowest BCUT2D eigenvalue weighted by molar-refractivity contribution is 0.416. The Morgan fingerprint density at radius 2 is 2.06 bits per heavy atom. The molecule has 0 radical (unpaired) electrons. The number of anilines is 1. The first kappa shape index (κ1) is 12.5. The van der Waals surface area contributed by atoms with E-state index in [4.69, 9.17) is 4.74 Å². The second-order valence-electron chi connectivity index (χ2n) is 4.67. The van der Waals surface area contributed by atoms with E-state index < -0.39 is 0 Å². The molecule has 0 unspecified atom stereocenters. The van der Waals surface area contributed by atoms with Gasteiger partial charge in [0.05, 0.1) is 12.8 Å². The molecule has 2 rings (SSSR count). The molecule has 0 amide bonds. The molecule has 2 N–H and O–H groups in total. The topological polar surface area (TPSA) is 49.9 Å². The quantitative estimate of drug-likeness (QED) is 0.869. The van der Waals surface area contributed by atoms with Gasteiger partial charge in [-0.3, -0.25) is 5.10 Å². The Hall–Kier alpha value is -1.97. The summed E-state index contributed by atoms with van der Waals surface area (Å²) in [5.41, 5.74) is 3.18. The average Bonchev–Trinajstić information content (AvgIpc) is 2.76. The number of nitrogens with one attached hydrogen (secondary N) is 2. The minimum Gasteiger partial charge on any atom is -0.496 e. The van der Waals surface area contributed by atoms with Gasteiger partial charge in [-0.2, -0.15) is 5.10 Å². The molecule has 1 aromatic carbocycles. The maximum Gasteiger partial charge on any atom is 0.148 e. The molecule has 18 heavy (non-hydrogen) atoms. The van der Waals surface area contributed by atoms with E-state index in [1.165, 1.54) is 5.56 Å². The van der Waals surface area contributed by atoms with Gasteiger partial charge >= 0.3 is 0 Å². The van der Waals surface area contributed by atoms with Gasteiger partial charge in [-0.1, -0.05) is 11.6 Å². The predicted octanol–water partition coefficient (Wildman–Crippen LogP) is 3.21. The maximum absolute atomic E-state index is 5.38. The van der Waals surface area contributed by atoms with Crippen molar-refractivity contribution in [2.45, 2.75) is 26.8 Å². The average molecular weight is 245 g/mol. The summed E-state index contributed by atoms with van der Waals surface area (Å²) in [6.07, 6.45) is 0. The highest BCUT2D eigenvalue weighted by atomic mass is 16.5. The Kier molecular flexibility index (Phi) is 3.55. The van der Waals surface area contributed by atoms with Crippen LogP contribution >= 0.6 is 0 Å². The lowest BCUT2D eigenvalue weighted by atomic mass is 10.1. The van der Waals surface area contributed by atoms with Crippen molar-refractivity contribution in [3.05, 3.63) is 29.8 Å². The molecule has 0 saturated carbocycles. The fourth-order valence-electron chi connectivity index (χ4n) is 1.86. The lowest BCUT2D eigenvalue weighted by Gasteiger charge is -2.07. The molecule has 0 aliphatic heterocycles. The summed E-state index contributed by atoms with van der Waals surface area (Å²) in [6.45, 7) is 6.23. The van der Waals surface area contributed by atoms with Gasteiger partial charge in [0.15, 0.2) is 0 Å². The molecule has 0 spiro atoms. The number of methoxy groups -OCH3 is 1. The Bertz CT molecular complexity index is 532. The third-order valence-electron chi connectivity index (χ3n) is 2.66. The largest absolute Gasteiger partial charge is 0.496 e. The van der Waals surface area contributed by atoms with E-state index in [2.05, 4.69) is 42.4 Å². The van der Waals surface area contributed by atoms with Gasteiger partial charge in [-0.15, -0.1) is 0 Å². The van der Waals surface area contributed by atoms with Gasteiger partial charge in [0.1, 0.15) is 11.6 Å². The van der Waals surface area contributed by atoms with Crippen molar-refractivity contribution >= 4 is 5.82 Å². The van der Waals surface area contributed by atoms with Crippen molar-refractivity contribution in [3.8, 4) is 17.0 Å². The van der Waals surface area contributed by atoms with E-state index in [9.17, 15) is 0 Å². The first-order valence-electron chi connectivity index (χ1n) is 6.07. The van der Waals surface area contributed by atoms with Crippen molar-refractivity contribution in [2.75, 3.05) is 12.4 Å². The molecule has 0 fully saturated rings. The summed E-state index contributed by atoms with van der Waals surface area (Å²) >= 11 is 0. The number of benzene rings is 1. The predicted molar refractivity (Wildman–Crippen MR) is 74.1 cm³/mol. The number of H-pyrrole nitrogens is 1. The Labute approximate surface area is 107 Å². The summed E-state index contributed by atoms with van der Waals surface area (Å²) in [7, 11) is 1.68. The van der Waals surface area contributed by atoms with Crippen LogP contribution in [0.2, 0.25) is 0 Å². The molecule has 4 nitrogen and oxygen atoms in total. The van der Waals surface area contributed by atoms with Crippen LogP contribution in [0.5, 0.6) is 5.75 Å². The van der Waals surface area contributed by atoms with Crippen molar-refractivity contribution in [2.24, 2.45) is 0 Å². The van der Waals surface area contributed by atoms with Gasteiger partial charge in [-0.05, 0) is 32.9 Å². The Morgan fingerprint density at radius 1 is 1.28 bits per heavy atom. The molecule has 0 atom stereocenters. The van der Waals surface area contributed by atoms with Gasteiger partial charge < -0.3 is 10.1 Å². The molecular formula is C14H19N3O. The molecule has 0 bridgehead atoms. The van der Waals surface area contributed by atoms with E-state index in [-0.39, 0.29) is 0 Å². The van der Waals surface area contributed by atoms with E-state index in [1.54, 1.807) is 7.11 Å². The second-order valence-corrected chi connectivity index (χ2v) is 4.67. The molecule has 2 aromatic rings. The smallest absolute Gasteiger partial charge is 0.148 e. The van der Waals surface area contributed by atoms with Crippen LogP contribution < -0.4 is 10.1 Å². The van der Waals surface area contributed by atoms with Crippen molar-refractivity contribution in [3.63, 3.8) is 0 Å². The fraction of sp³-hybridized carbons (Fsp3) is 0.357. The summed E-state index contributed by atoms with van der Waals surface area (Å²) in [5, 5.41) is 10.5. The van der Waals surface area contributed by atoms with Crippen LogP contribution in [0.1, 0.15) is 19.4 Å². The van der Waals surface area contributed by atoms with Gasteiger partial charge in [-0.25, -0.2) is 0 Å². The first-order chi connectivity index (χ1) is 8.60. The van der Waals surface area contributed by atoms with Crippen LogP contribution in [0.25, 0.3) is 11.3 Å². The zero-order valence-corrected chi connectivity index (χ0v) is 11.2. The minimum absolute atomic E-state index is 0.362. The summed E-state index contributed by atoms with van der Waals surface area (Å²) in [6, 6.07) is 8.45. The summed E-state index contributed by atoms with van der Waals surface area (Å²) in [4.78, 5) is 0. The molecule has 1 aromatic heterocycles. The van der Waals surface area contributed by atoms with Crippen LogP contribution in [0.4, 0.5) is 5.82 Å². The zero-order chi connectivity index (χ0) is 13.1. The second kappa shape index (κ2) is 5.12. The third kappa shape index (κ3) is 2.64. The van der Waals surface area contributed by atoms with E-state index in [1.807, 2.05) is 18.2 Å². The molecule has 0 aliphatic carbocycles. The van der Waals surface area contributed by atoms with E-state index in [0.29, 0.717) is 6.04 Å². The maximum atomic E-state index is 5.38. The number of ether oxygens (including phenoxy) is 1. The van der Waals surface area contributed by atoms with Gasteiger partial charge in [0.25, 0.3) is 0 Å². The molecule has 96 valence electrons. The normalized spacial score (nSPS) is 10.7. The first-order valence-corrected chi connectivity index (χ1v) is 6.07. The van der Waals surface area contributed by atoms with Crippen molar-refractivity contribution in [1.82, 2.24) is 10.2 Å². The Morgan fingerprint density at radius 3 is 2.72 bits per heavy atom.